The fraction of sp³-hybridized carbons (Fsp3) is 0.0182. The van der Waals surface area contributed by atoms with Crippen LogP contribution in [0.25, 0.3) is 209 Å². The summed E-state index contributed by atoms with van der Waals surface area (Å²) in [5.74, 6) is 1.58. The van der Waals surface area contributed by atoms with Crippen molar-refractivity contribution in [3.05, 3.63) is 381 Å². The van der Waals surface area contributed by atoms with Crippen LogP contribution in [0, 0.1) is 0 Å². The van der Waals surface area contributed by atoms with E-state index in [1.165, 1.54) is 10.8 Å². The number of furan rings is 6. The maximum Gasteiger partial charge on any atom is 0.167 e. The molecule has 0 amide bonds. The molecule has 0 N–H and O–H groups in total. The van der Waals surface area contributed by atoms with Gasteiger partial charge >= 0.3 is 0 Å². The highest BCUT2D eigenvalue weighted by Gasteiger charge is 2.41. The van der Waals surface area contributed by atoms with Crippen molar-refractivity contribution in [2.45, 2.75) is 12.0 Å². The Morgan fingerprint density at radius 1 is 0.267 bits per heavy atom. The minimum atomic E-state index is -0.370. The van der Waals surface area contributed by atoms with E-state index in [4.69, 9.17) is 31.2 Å². The molecular formula is C110H63N3O7. The van der Waals surface area contributed by atoms with Crippen LogP contribution in [0.1, 0.15) is 28.9 Å². The number of hydrogen-bond donors (Lipinski definition) is 0. The van der Waals surface area contributed by atoms with Crippen molar-refractivity contribution in [3.63, 3.8) is 0 Å². The molecule has 0 radical (unpaired) electrons. The summed E-state index contributed by atoms with van der Waals surface area (Å²) in [6.07, 6.45) is 4.17. The molecule has 25 aromatic rings. The highest BCUT2D eigenvalue weighted by atomic mass is 16.5. The van der Waals surface area contributed by atoms with Crippen LogP contribution in [0.5, 0.6) is 5.75 Å². The van der Waals surface area contributed by atoms with E-state index >= 15 is 0 Å². The van der Waals surface area contributed by atoms with Gasteiger partial charge in [0, 0.05) is 121 Å². The lowest BCUT2D eigenvalue weighted by molar-refractivity contribution is 0.193. The van der Waals surface area contributed by atoms with Gasteiger partial charge in [-0.3, -0.25) is 0 Å². The number of fused-ring (bicyclic) bond motifs is 30. The Kier molecular flexibility index (Phi) is 13.5. The fourth-order valence-corrected chi connectivity index (χ4v) is 20.1. The van der Waals surface area contributed by atoms with Gasteiger partial charge in [-0.1, -0.05) is 224 Å². The fourth-order valence-electron chi connectivity index (χ4n) is 20.1. The molecule has 0 saturated heterocycles. The van der Waals surface area contributed by atoms with Crippen LogP contribution >= 0.6 is 0 Å². The Morgan fingerprint density at radius 3 is 1.51 bits per heavy atom. The third kappa shape index (κ3) is 9.43. The summed E-state index contributed by atoms with van der Waals surface area (Å²) < 4.78 is 50.6. The monoisotopic (exact) mass is 1540 g/mol. The van der Waals surface area contributed by atoms with Crippen molar-refractivity contribution in [1.29, 1.82) is 0 Å². The third-order valence-corrected chi connectivity index (χ3v) is 25.5. The molecule has 2 aliphatic rings. The SMILES string of the molecule is C1=CC2c3cc(-c4ccc(-n5c6ccccc6c6c(-c7cccc(N(c8ccc(-c9cccc%10c9oc9ccccc9%10)cc8)c8cccc9c8oc8c%10ccccc%10ccc98)c7)cccc65)cc4)ccc3OC2c2oc3ccc(N(c4ccc5oc6ccc7c8ccccc8oc7c6c5c4)c4cccc5c4oc4c6ccccc6ccc54)cc3c21. The van der Waals surface area contributed by atoms with Crippen molar-refractivity contribution < 1.29 is 31.2 Å². The summed E-state index contributed by atoms with van der Waals surface area (Å²) in [6, 6.07) is 128. The van der Waals surface area contributed by atoms with Gasteiger partial charge in [0.05, 0.1) is 33.7 Å². The van der Waals surface area contributed by atoms with E-state index < -0.39 is 0 Å². The largest absolute Gasteiger partial charge is 0.481 e. The number of hydrogen-bond acceptors (Lipinski definition) is 9. The highest BCUT2D eigenvalue weighted by Crippen LogP contribution is 2.56. The van der Waals surface area contributed by atoms with Gasteiger partial charge < -0.3 is 45.6 Å². The van der Waals surface area contributed by atoms with Crippen LogP contribution in [0.4, 0.5) is 34.1 Å². The summed E-state index contributed by atoms with van der Waals surface area (Å²) in [5, 5.41) is 18.2. The lowest BCUT2D eigenvalue weighted by Gasteiger charge is -2.26. The molecule has 1 aliphatic heterocycles. The summed E-state index contributed by atoms with van der Waals surface area (Å²) in [5.41, 5.74) is 26.6. The van der Waals surface area contributed by atoms with E-state index in [-0.39, 0.29) is 12.0 Å². The molecule has 2 atom stereocenters. The second-order valence-corrected chi connectivity index (χ2v) is 31.9. The number of para-hydroxylation sites is 6. The van der Waals surface area contributed by atoms with E-state index in [9.17, 15) is 0 Å². The van der Waals surface area contributed by atoms with Gasteiger partial charge in [0.15, 0.2) is 23.0 Å². The van der Waals surface area contributed by atoms with Crippen LogP contribution in [0.3, 0.4) is 0 Å². The number of nitrogens with zero attached hydrogens (tertiary/aromatic N) is 3. The molecule has 0 fully saturated rings. The first-order valence-corrected chi connectivity index (χ1v) is 40.8. The van der Waals surface area contributed by atoms with Gasteiger partial charge in [-0.2, -0.15) is 0 Å². The van der Waals surface area contributed by atoms with Crippen LogP contribution < -0.4 is 14.5 Å². The molecule has 10 nitrogen and oxygen atoms in total. The van der Waals surface area contributed by atoms with Crippen LogP contribution in [0.15, 0.2) is 390 Å². The summed E-state index contributed by atoms with van der Waals surface area (Å²) in [7, 11) is 0. The summed E-state index contributed by atoms with van der Waals surface area (Å²) in [4.78, 5) is 4.66. The molecule has 2 unspecified atom stereocenters. The zero-order valence-electron chi connectivity index (χ0n) is 64.1. The average molecular weight is 1540 g/mol. The van der Waals surface area contributed by atoms with Crippen molar-refractivity contribution in [2.75, 3.05) is 9.80 Å². The smallest absolute Gasteiger partial charge is 0.167 e. The molecule has 7 aromatic heterocycles. The standard InChI is InChI=1S/C110H63N3O7/c1-3-20-74-63(16-1)40-49-83-80-28-14-32-93(106(80)119-104(74)83)111(68-45-38-65(39-46-68)76-26-12-27-79-77-22-6-9-34-95(77)115-103(76)79)70-19-11-18-67(58-70)73-25-13-31-92-101(73)87-24-5-8-30-91(87)113(92)69-43-36-62(37-44-69)66-42-54-97-88(59-66)85-51-52-86-89-60-71(47-55-98(89)118-110(86)109(85)117-97)112(94-33-15-29-81-84-50-41-64-17-2-4-21-75(64)105(84)120-107(81)94)72-48-56-99-90(61-72)102-100(114-99)57-53-82-78-23-7-10-35-96(78)116-108(82)102/h1-61,85,109H. The lowest BCUT2D eigenvalue weighted by Crippen LogP contribution is -2.11. The first kappa shape index (κ1) is 65.3. The topological polar surface area (TPSA) is 99.5 Å². The molecule has 560 valence electrons. The maximum atomic E-state index is 7.14. The number of benzene rings is 18. The second-order valence-electron chi connectivity index (χ2n) is 31.9. The van der Waals surface area contributed by atoms with Gasteiger partial charge in [-0.05, 0) is 184 Å². The molecule has 0 bridgehead atoms. The predicted molar refractivity (Wildman–Crippen MR) is 489 cm³/mol. The molecule has 18 aromatic carbocycles. The molecular weight excluding hydrogens is 1480 g/mol. The molecule has 10 heteroatoms. The van der Waals surface area contributed by atoms with E-state index in [0.29, 0.717) is 0 Å². The van der Waals surface area contributed by atoms with Crippen molar-refractivity contribution >= 4 is 204 Å². The zero-order chi connectivity index (χ0) is 78.1. The van der Waals surface area contributed by atoms with Gasteiger partial charge in [-0.15, -0.1) is 0 Å². The number of anilines is 6. The molecule has 0 saturated carbocycles. The van der Waals surface area contributed by atoms with Crippen LogP contribution in [-0.2, 0) is 0 Å². The minimum absolute atomic E-state index is 0.0786. The van der Waals surface area contributed by atoms with Gasteiger partial charge in [0.2, 0.25) is 0 Å². The van der Waals surface area contributed by atoms with Crippen molar-refractivity contribution in [3.8, 4) is 44.8 Å². The number of rotatable bonds is 10. The predicted octanol–water partition coefficient (Wildman–Crippen LogP) is 31.5. The number of aromatic nitrogens is 1. The zero-order valence-corrected chi connectivity index (χ0v) is 64.1. The van der Waals surface area contributed by atoms with E-state index in [1.807, 2.05) is 24.3 Å². The molecule has 1 aliphatic carbocycles. The van der Waals surface area contributed by atoms with Crippen molar-refractivity contribution in [1.82, 2.24) is 4.57 Å². The lowest BCUT2D eigenvalue weighted by atomic mass is 9.86. The Bertz CT molecular complexity index is 8760. The average Bonchev–Trinajstić information content (AvgIpc) is 1.58. The Labute approximate surface area is 683 Å². The van der Waals surface area contributed by atoms with E-state index in [2.05, 4.69) is 360 Å². The van der Waals surface area contributed by atoms with Crippen LogP contribution in [-0.4, -0.2) is 4.57 Å². The maximum absolute atomic E-state index is 7.14. The number of ether oxygens (including phenoxy) is 1. The highest BCUT2D eigenvalue weighted by molar-refractivity contribution is 6.24. The summed E-state index contributed by atoms with van der Waals surface area (Å²) in [6.45, 7) is 0. The molecule has 120 heavy (non-hydrogen) atoms. The minimum Gasteiger partial charge on any atom is -0.481 e. The first-order chi connectivity index (χ1) is 59.5. The Balaban J connectivity index is 0.527. The third-order valence-electron chi connectivity index (χ3n) is 25.5. The van der Waals surface area contributed by atoms with Gasteiger partial charge in [0.25, 0.3) is 0 Å². The van der Waals surface area contributed by atoms with Gasteiger partial charge in [0.1, 0.15) is 56.0 Å². The van der Waals surface area contributed by atoms with Crippen molar-refractivity contribution in [2.24, 2.45) is 0 Å². The molecule has 8 heterocycles. The Hall–Kier alpha value is -16.0. The first-order valence-electron chi connectivity index (χ1n) is 40.8. The van der Waals surface area contributed by atoms with Crippen LogP contribution in [0.2, 0.25) is 0 Å². The van der Waals surface area contributed by atoms with Gasteiger partial charge in [-0.25, -0.2) is 0 Å². The second kappa shape index (κ2) is 24.7. The van der Waals surface area contributed by atoms with E-state index in [0.717, 1.165) is 249 Å². The summed E-state index contributed by atoms with van der Waals surface area (Å²) >= 11 is 0. The Morgan fingerprint density at radius 2 is 0.783 bits per heavy atom. The molecule has 27 rings (SSSR count). The van der Waals surface area contributed by atoms with E-state index in [1.54, 1.807) is 0 Å². The normalized spacial score (nSPS) is 14.0. The quantitative estimate of drug-likeness (QED) is 0.133. The molecule has 0 spiro atoms.